The van der Waals surface area contributed by atoms with E-state index in [9.17, 15) is 9.59 Å². The number of carbonyl (C=O) groups excluding carboxylic acids is 2. The smallest absolute Gasteiger partial charge is 0.338 e. The lowest BCUT2D eigenvalue weighted by molar-refractivity contribution is 0.0447. The predicted molar refractivity (Wildman–Crippen MR) is 161 cm³/mol. The zero-order valence-corrected chi connectivity index (χ0v) is 25.7. The van der Waals surface area contributed by atoms with Crippen LogP contribution in [0.5, 0.6) is 11.5 Å². The highest BCUT2D eigenvalue weighted by molar-refractivity contribution is 14.1. The van der Waals surface area contributed by atoms with Crippen LogP contribution in [0.15, 0.2) is 66.7 Å². The van der Waals surface area contributed by atoms with Crippen LogP contribution in [-0.2, 0) is 20.3 Å². The molecule has 7 heteroatoms. The third-order valence-corrected chi connectivity index (χ3v) is 6.60. The molecule has 3 aromatic rings. The average molecular weight is 645 g/mol. The van der Waals surface area contributed by atoms with Gasteiger partial charge in [-0.25, -0.2) is 9.59 Å². The van der Waals surface area contributed by atoms with E-state index in [1.807, 2.05) is 48.5 Å². The van der Waals surface area contributed by atoms with E-state index in [1.54, 1.807) is 12.1 Å². The summed E-state index contributed by atoms with van der Waals surface area (Å²) in [4.78, 5) is 25.2. The zero-order chi connectivity index (χ0) is 28.6. The van der Waals surface area contributed by atoms with Crippen molar-refractivity contribution in [2.75, 3.05) is 26.4 Å². The molecule has 0 spiro atoms. The van der Waals surface area contributed by atoms with Crippen molar-refractivity contribution < 1.29 is 28.5 Å². The lowest BCUT2D eigenvalue weighted by Gasteiger charge is -2.19. The van der Waals surface area contributed by atoms with Gasteiger partial charge in [0, 0.05) is 3.57 Å². The summed E-state index contributed by atoms with van der Waals surface area (Å²) in [6.45, 7) is 13.5. The van der Waals surface area contributed by atoms with Crippen LogP contribution >= 0.6 is 22.6 Å². The van der Waals surface area contributed by atoms with Crippen molar-refractivity contribution in [3.05, 3.63) is 92.6 Å². The average Bonchev–Trinajstić information content (AvgIpc) is 2.88. The van der Waals surface area contributed by atoms with Crippen LogP contribution in [0.2, 0.25) is 0 Å². The largest absolute Gasteiger partial charge is 0.490 e. The molecule has 208 valence electrons. The summed E-state index contributed by atoms with van der Waals surface area (Å²) in [6, 6.07) is 20.6. The monoisotopic (exact) mass is 644 g/mol. The van der Waals surface area contributed by atoms with Gasteiger partial charge in [-0.1, -0.05) is 65.8 Å². The fraction of sp³-hybridized carbons (Fsp3) is 0.375. The molecule has 0 unspecified atom stereocenters. The van der Waals surface area contributed by atoms with Gasteiger partial charge in [-0.2, -0.15) is 0 Å². The van der Waals surface area contributed by atoms with Crippen molar-refractivity contribution in [3.63, 3.8) is 0 Å². The molecular formula is C32H37IO6. The lowest BCUT2D eigenvalue weighted by atomic mass is 9.87. The van der Waals surface area contributed by atoms with Crippen LogP contribution in [0.4, 0.5) is 0 Å². The lowest BCUT2D eigenvalue weighted by Crippen LogP contribution is -2.15. The fourth-order valence-corrected chi connectivity index (χ4v) is 4.35. The van der Waals surface area contributed by atoms with E-state index in [4.69, 9.17) is 18.9 Å². The van der Waals surface area contributed by atoms with E-state index in [0.717, 1.165) is 3.57 Å². The summed E-state index contributed by atoms with van der Waals surface area (Å²) in [6.07, 6.45) is 0. The minimum absolute atomic E-state index is 0.0687. The van der Waals surface area contributed by atoms with Crippen molar-refractivity contribution in [2.24, 2.45) is 0 Å². The molecule has 0 saturated heterocycles. The van der Waals surface area contributed by atoms with Gasteiger partial charge in [-0.3, -0.25) is 0 Å². The SMILES string of the molecule is CC(C)(C)c1ccc(OCCOC(=O)c2cc(I)cc(C(=O)OCCOc3ccc(C(C)(C)C)cc3)c2)cc1. The molecule has 0 amide bonds. The first-order valence-electron chi connectivity index (χ1n) is 12.9. The Morgan fingerprint density at radius 3 is 1.28 bits per heavy atom. The number of benzene rings is 3. The van der Waals surface area contributed by atoms with Crippen molar-refractivity contribution in [3.8, 4) is 11.5 Å². The normalized spacial score (nSPS) is 11.6. The Hall–Kier alpha value is -3.07. The number of esters is 2. The second kappa shape index (κ2) is 13.3. The van der Waals surface area contributed by atoms with E-state index < -0.39 is 11.9 Å². The third kappa shape index (κ3) is 9.56. The molecule has 0 aromatic heterocycles. The molecule has 39 heavy (non-hydrogen) atoms. The van der Waals surface area contributed by atoms with Crippen LogP contribution in [-0.4, -0.2) is 38.4 Å². The Kier molecular flexibility index (Phi) is 10.4. The number of ether oxygens (including phenoxy) is 4. The number of hydrogen-bond donors (Lipinski definition) is 0. The number of hydrogen-bond acceptors (Lipinski definition) is 6. The second-order valence-corrected chi connectivity index (χ2v) is 12.5. The summed E-state index contributed by atoms with van der Waals surface area (Å²) >= 11 is 2.05. The quantitative estimate of drug-likeness (QED) is 0.131. The Labute approximate surface area is 245 Å². The maximum atomic E-state index is 12.6. The first-order chi connectivity index (χ1) is 18.3. The summed E-state index contributed by atoms with van der Waals surface area (Å²) in [5.74, 6) is 0.362. The second-order valence-electron chi connectivity index (χ2n) is 11.2. The summed E-state index contributed by atoms with van der Waals surface area (Å²) in [5, 5.41) is 0. The van der Waals surface area contributed by atoms with Gasteiger partial charge in [0.05, 0.1) is 11.1 Å². The molecule has 0 N–H and O–H groups in total. The maximum Gasteiger partial charge on any atom is 0.338 e. The van der Waals surface area contributed by atoms with Gasteiger partial charge in [0.25, 0.3) is 0 Å². The topological polar surface area (TPSA) is 71.1 Å². The summed E-state index contributed by atoms with van der Waals surface area (Å²) < 4.78 is 22.8. The molecule has 0 fully saturated rings. The predicted octanol–water partition coefficient (Wildman–Crippen LogP) is 7.36. The first-order valence-corrected chi connectivity index (χ1v) is 14.0. The van der Waals surface area contributed by atoms with Gasteiger partial charge < -0.3 is 18.9 Å². The highest BCUT2D eigenvalue weighted by atomic mass is 127. The molecule has 0 radical (unpaired) electrons. The van der Waals surface area contributed by atoms with Gasteiger partial charge in [-0.15, -0.1) is 0 Å². The minimum Gasteiger partial charge on any atom is -0.490 e. The highest BCUT2D eigenvalue weighted by Crippen LogP contribution is 2.25. The van der Waals surface area contributed by atoms with Gasteiger partial charge >= 0.3 is 11.9 Å². The molecule has 3 rings (SSSR count). The zero-order valence-electron chi connectivity index (χ0n) is 23.5. The molecule has 3 aromatic carbocycles. The van der Waals surface area contributed by atoms with Gasteiger partial charge in [0.15, 0.2) is 0 Å². The van der Waals surface area contributed by atoms with Crippen LogP contribution in [0.1, 0.15) is 73.4 Å². The van der Waals surface area contributed by atoms with Crippen LogP contribution in [0.25, 0.3) is 0 Å². The van der Waals surface area contributed by atoms with Crippen molar-refractivity contribution in [2.45, 2.75) is 52.4 Å². The van der Waals surface area contributed by atoms with Crippen molar-refractivity contribution >= 4 is 34.5 Å². The minimum atomic E-state index is -0.531. The van der Waals surface area contributed by atoms with Crippen LogP contribution in [0, 0.1) is 3.57 Å². The number of halogens is 1. The summed E-state index contributed by atoms with van der Waals surface area (Å²) in [7, 11) is 0. The molecule has 0 bridgehead atoms. The van der Waals surface area contributed by atoms with E-state index >= 15 is 0 Å². The fourth-order valence-electron chi connectivity index (χ4n) is 3.68. The molecule has 0 aliphatic heterocycles. The third-order valence-electron chi connectivity index (χ3n) is 5.98. The van der Waals surface area contributed by atoms with Gasteiger partial charge in [-0.05, 0) is 87.0 Å². The molecular weight excluding hydrogens is 607 g/mol. The van der Waals surface area contributed by atoms with Crippen molar-refractivity contribution in [1.82, 2.24) is 0 Å². The van der Waals surface area contributed by atoms with Crippen LogP contribution < -0.4 is 9.47 Å². The Bertz CT molecular complexity index is 1160. The molecule has 0 saturated carbocycles. The van der Waals surface area contributed by atoms with E-state index in [-0.39, 0.29) is 48.4 Å². The Morgan fingerprint density at radius 2 is 0.949 bits per heavy atom. The molecule has 0 aliphatic rings. The van der Waals surface area contributed by atoms with Crippen LogP contribution in [0.3, 0.4) is 0 Å². The van der Waals surface area contributed by atoms with Gasteiger partial charge in [0.1, 0.15) is 37.9 Å². The first kappa shape index (κ1) is 30.5. The van der Waals surface area contributed by atoms with Crippen molar-refractivity contribution in [1.29, 1.82) is 0 Å². The summed E-state index contributed by atoms with van der Waals surface area (Å²) in [5.41, 5.74) is 3.12. The maximum absolute atomic E-state index is 12.6. The standard InChI is InChI=1S/C32H37IO6/c1-31(2,3)24-7-11-27(12-8-24)36-15-17-38-29(34)22-19-23(21-26(33)20-22)30(35)39-18-16-37-28-13-9-25(10-14-28)32(4,5)6/h7-14,19-21H,15-18H2,1-6H3. The van der Waals surface area contributed by atoms with E-state index in [2.05, 4.69) is 64.1 Å². The Balaban J connectivity index is 1.44. The number of carbonyl (C=O) groups is 2. The highest BCUT2D eigenvalue weighted by Gasteiger charge is 2.16. The van der Waals surface area contributed by atoms with Gasteiger partial charge in [0.2, 0.25) is 0 Å². The van der Waals surface area contributed by atoms with E-state index in [0.29, 0.717) is 11.5 Å². The molecule has 0 heterocycles. The molecule has 0 atom stereocenters. The molecule has 6 nitrogen and oxygen atoms in total. The Morgan fingerprint density at radius 1 is 0.590 bits per heavy atom. The van der Waals surface area contributed by atoms with E-state index in [1.165, 1.54) is 17.2 Å². The number of rotatable bonds is 10. The molecule has 0 aliphatic carbocycles.